The molecule has 2 N–H and O–H groups in total. The third-order valence-corrected chi connectivity index (χ3v) is 2.88. The van der Waals surface area contributed by atoms with Crippen LogP contribution in [-0.2, 0) is 6.54 Å². The molecule has 0 bridgehead atoms. The molecule has 1 heterocycles. The van der Waals surface area contributed by atoms with Crippen molar-refractivity contribution in [3.8, 4) is 5.88 Å². The largest absolute Gasteiger partial charge is 0.481 e. The summed E-state index contributed by atoms with van der Waals surface area (Å²) in [5.74, 6) is 1.19. The number of pyridine rings is 1. The van der Waals surface area contributed by atoms with Crippen LogP contribution in [0.5, 0.6) is 5.88 Å². The third-order valence-electron chi connectivity index (χ3n) is 2.88. The zero-order chi connectivity index (χ0) is 12.5. The molecule has 1 unspecified atom stereocenters. The van der Waals surface area contributed by atoms with Crippen molar-refractivity contribution in [2.24, 2.45) is 5.92 Å². The molecule has 0 saturated carbocycles. The lowest BCUT2D eigenvalue weighted by Crippen LogP contribution is -2.22. The van der Waals surface area contributed by atoms with Crippen LogP contribution in [0.2, 0.25) is 0 Å². The number of hydrogen-bond acceptors (Lipinski definition) is 4. The van der Waals surface area contributed by atoms with Gasteiger partial charge in [0.1, 0.15) is 0 Å². The van der Waals surface area contributed by atoms with E-state index in [1.54, 1.807) is 7.11 Å². The molecule has 0 amide bonds. The highest BCUT2D eigenvalue weighted by Crippen LogP contribution is 2.08. The zero-order valence-corrected chi connectivity index (χ0v) is 10.6. The quantitative estimate of drug-likeness (QED) is 0.722. The van der Waals surface area contributed by atoms with E-state index in [9.17, 15) is 0 Å². The third kappa shape index (κ3) is 5.15. The lowest BCUT2D eigenvalue weighted by atomic mass is 10.0. The van der Waals surface area contributed by atoms with Crippen molar-refractivity contribution >= 4 is 0 Å². The maximum atomic E-state index is 8.89. The van der Waals surface area contributed by atoms with Crippen molar-refractivity contribution < 1.29 is 9.84 Å². The van der Waals surface area contributed by atoms with Crippen LogP contribution in [0.3, 0.4) is 0 Å². The van der Waals surface area contributed by atoms with Crippen molar-refractivity contribution in [2.45, 2.75) is 26.3 Å². The molecule has 0 aliphatic rings. The van der Waals surface area contributed by atoms with E-state index in [0.29, 0.717) is 11.8 Å². The molecule has 96 valence electrons. The normalized spacial score (nSPS) is 12.4. The van der Waals surface area contributed by atoms with Gasteiger partial charge in [0.05, 0.1) is 7.11 Å². The zero-order valence-electron chi connectivity index (χ0n) is 10.6. The summed E-state index contributed by atoms with van der Waals surface area (Å²) >= 11 is 0. The standard InChI is InChI=1S/C13H22N2O2/c1-3-11(6-7-16)8-14-9-12-4-5-13(17-2)15-10-12/h4-5,10-11,14,16H,3,6-9H2,1-2H3. The van der Waals surface area contributed by atoms with Crippen LogP contribution in [0, 0.1) is 5.92 Å². The maximum absolute atomic E-state index is 8.89. The van der Waals surface area contributed by atoms with Crippen LogP contribution in [0.15, 0.2) is 18.3 Å². The number of aromatic nitrogens is 1. The van der Waals surface area contributed by atoms with Crippen molar-refractivity contribution in [1.29, 1.82) is 0 Å². The predicted octanol–water partition coefficient (Wildman–Crippen LogP) is 1.59. The van der Waals surface area contributed by atoms with Crippen molar-refractivity contribution in [1.82, 2.24) is 10.3 Å². The molecule has 1 aromatic heterocycles. The van der Waals surface area contributed by atoms with Gasteiger partial charge in [-0.3, -0.25) is 0 Å². The van der Waals surface area contributed by atoms with E-state index in [0.717, 1.165) is 31.5 Å². The fraction of sp³-hybridized carbons (Fsp3) is 0.615. The van der Waals surface area contributed by atoms with Gasteiger partial charge in [-0.1, -0.05) is 19.4 Å². The second-order valence-electron chi connectivity index (χ2n) is 4.13. The summed E-state index contributed by atoms with van der Waals surface area (Å²) in [6.07, 6.45) is 3.78. The molecule has 0 aliphatic carbocycles. The van der Waals surface area contributed by atoms with Crippen LogP contribution >= 0.6 is 0 Å². The fourth-order valence-corrected chi connectivity index (χ4v) is 1.69. The molecule has 17 heavy (non-hydrogen) atoms. The first-order chi connectivity index (χ1) is 8.30. The van der Waals surface area contributed by atoms with Crippen molar-refractivity contribution in [3.63, 3.8) is 0 Å². The average molecular weight is 238 g/mol. The molecule has 1 aromatic rings. The summed E-state index contributed by atoms with van der Waals surface area (Å²) in [5.41, 5.74) is 1.14. The van der Waals surface area contributed by atoms with Gasteiger partial charge in [0.25, 0.3) is 0 Å². The van der Waals surface area contributed by atoms with Gasteiger partial charge >= 0.3 is 0 Å². The van der Waals surface area contributed by atoms with Gasteiger partial charge in [0.15, 0.2) is 0 Å². The minimum atomic E-state index is 0.268. The van der Waals surface area contributed by atoms with Crippen LogP contribution in [0.1, 0.15) is 25.3 Å². The van der Waals surface area contributed by atoms with Gasteiger partial charge in [-0.25, -0.2) is 4.98 Å². The first-order valence-corrected chi connectivity index (χ1v) is 6.10. The molecule has 0 aliphatic heterocycles. The smallest absolute Gasteiger partial charge is 0.212 e. The highest BCUT2D eigenvalue weighted by Gasteiger charge is 2.04. The maximum Gasteiger partial charge on any atom is 0.212 e. The Morgan fingerprint density at radius 1 is 1.47 bits per heavy atom. The number of nitrogens with one attached hydrogen (secondary N) is 1. The van der Waals surface area contributed by atoms with Crippen molar-refractivity contribution in [2.75, 3.05) is 20.3 Å². The highest BCUT2D eigenvalue weighted by molar-refractivity contribution is 5.17. The molecule has 4 heteroatoms. The van der Waals surface area contributed by atoms with Crippen LogP contribution < -0.4 is 10.1 Å². The molecule has 4 nitrogen and oxygen atoms in total. The number of aliphatic hydroxyl groups is 1. The Labute approximate surface area is 103 Å². The number of ether oxygens (including phenoxy) is 1. The summed E-state index contributed by atoms with van der Waals surface area (Å²) < 4.78 is 5.00. The van der Waals surface area contributed by atoms with Crippen LogP contribution in [-0.4, -0.2) is 30.4 Å². The number of nitrogens with zero attached hydrogens (tertiary/aromatic N) is 1. The number of methoxy groups -OCH3 is 1. The number of hydrogen-bond donors (Lipinski definition) is 2. The van der Waals surface area contributed by atoms with Gasteiger partial charge in [-0.15, -0.1) is 0 Å². The summed E-state index contributed by atoms with van der Waals surface area (Å²) in [7, 11) is 1.61. The lowest BCUT2D eigenvalue weighted by Gasteiger charge is -2.14. The summed E-state index contributed by atoms with van der Waals surface area (Å²) in [6.45, 7) is 4.16. The van der Waals surface area contributed by atoms with Gasteiger partial charge in [-0.05, 0) is 24.4 Å². The molecule has 1 rings (SSSR count). The topological polar surface area (TPSA) is 54.4 Å². The Kier molecular flexibility index (Phi) is 6.58. The predicted molar refractivity (Wildman–Crippen MR) is 68.0 cm³/mol. The molecule has 0 fully saturated rings. The minimum absolute atomic E-state index is 0.268. The molecule has 0 spiro atoms. The second kappa shape index (κ2) is 8.03. The summed E-state index contributed by atoms with van der Waals surface area (Å²) in [6, 6.07) is 3.87. The van der Waals surface area contributed by atoms with Crippen molar-refractivity contribution in [3.05, 3.63) is 23.9 Å². The first-order valence-electron chi connectivity index (χ1n) is 6.10. The SMILES string of the molecule is CCC(CCO)CNCc1ccc(OC)nc1. The van der Waals surface area contributed by atoms with E-state index in [2.05, 4.69) is 17.2 Å². The molecule has 0 saturated heterocycles. The molecule has 0 aromatic carbocycles. The Balaban J connectivity index is 2.29. The van der Waals surface area contributed by atoms with Gasteiger partial charge in [0, 0.05) is 25.4 Å². The molecule has 1 atom stereocenters. The second-order valence-corrected chi connectivity index (χ2v) is 4.13. The number of aliphatic hydroxyl groups excluding tert-OH is 1. The molecular weight excluding hydrogens is 216 g/mol. The van der Waals surface area contributed by atoms with Gasteiger partial charge < -0.3 is 15.2 Å². The van der Waals surface area contributed by atoms with E-state index >= 15 is 0 Å². The van der Waals surface area contributed by atoms with E-state index in [1.165, 1.54) is 0 Å². The Morgan fingerprint density at radius 3 is 2.82 bits per heavy atom. The van der Waals surface area contributed by atoms with Crippen LogP contribution in [0.4, 0.5) is 0 Å². The Morgan fingerprint density at radius 2 is 2.29 bits per heavy atom. The summed E-state index contributed by atoms with van der Waals surface area (Å²) in [4.78, 5) is 4.15. The lowest BCUT2D eigenvalue weighted by molar-refractivity contribution is 0.251. The monoisotopic (exact) mass is 238 g/mol. The Hall–Kier alpha value is -1.13. The fourth-order valence-electron chi connectivity index (χ4n) is 1.69. The first kappa shape index (κ1) is 13.9. The Bertz CT molecular complexity index is 301. The van der Waals surface area contributed by atoms with E-state index in [1.807, 2.05) is 18.3 Å². The minimum Gasteiger partial charge on any atom is -0.481 e. The summed E-state index contributed by atoms with van der Waals surface area (Å²) in [5, 5.41) is 12.3. The number of rotatable bonds is 8. The molecular formula is C13H22N2O2. The van der Waals surface area contributed by atoms with E-state index in [-0.39, 0.29) is 6.61 Å². The van der Waals surface area contributed by atoms with Gasteiger partial charge in [-0.2, -0.15) is 0 Å². The van der Waals surface area contributed by atoms with Crippen LogP contribution in [0.25, 0.3) is 0 Å². The van der Waals surface area contributed by atoms with Gasteiger partial charge in [0.2, 0.25) is 5.88 Å². The van der Waals surface area contributed by atoms with E-state index < -0.39 is 0 Å². The van der Waals surface area contributed by atoms with E-state index in [4.69, 9.17) is 9.84 Å². The molecule has 0 radical (unpaired) electrons. The highest BCUT2D eigenvalue weighted by atomic mass is 16.5. The average Bonchev–Trinajstić information content (AvgIpc) is 2.38.